The molecule has 0 rings (SSSR count). The summed E-state index contributed by atoms with van der Waals surface area (Å²) >= 11 is 0. The highest BCUT2D eigenvalue weighted by Gasteiger charge is 2.13. The molecule has 0 saturated carbocycles. The van der Waals surface area contributed by atoms with Crippen LogP contribution in [0.5, 0.6) is 0 Å². The Morgan fingerprint density at radius 3 is 2.64 bits per heavy atom. The number of terminal acetylenes is 1. The van der Waals surface area contributed by atoms with Crippen LogP contribution in [-0.4, -0.2) is 25.2 Å². The number of hydrogen-bond acceptors (Lipinski definition) is 3. The maximum atomic E-state index is 10.6. The zero-order valence-corrected chi connectivity index (χ0v) is 7.10. The first-order valence-corrected chi connectivity index (χ1v) is 3.31. The second-order valence-corrected chi connectivity index (χ2v) is 2.70. The van der Waals surface area contributed by atoms with Crippen molar-refractivity contribution in [1.82, 2.24) is 5.32 Å². The van der Waals surface area contributed by atoms with Gasteiger partial charge in [-0.15, -0.1) is 6.42 Å². The highest BCUT2D eigenvalue weighted by Crippen LogP contribution is 1.97. The molecule has 0 radical (unpaired) electrons. The lowest BCUT2D eigenvalue weighted by Gasteiger charge is -2.18. The predicted octanol–water partition coefficient (Wildman–Crippen LogP) is 0.161. The Balaban J connectivity index is 3.72. The summed E-state index contributed by atoms with van der Waals surface area (Å²) in [4.78, 5) is 10.6. The first-order valence-electron chi connectivity index (χ1n) is 3.31. The van der Waals surface area contributed by atoms with E-state index in [0.717, 1.165) is 0 Å². The van der Waals surface area contributed by atoms with E-state index in [-0.39, 0.29) is 12.5 Å². The maximum absolute atomic E-state index is 10.6. The fraction of sp³-hybridized carbons (Fsp3) is 0.625. The first-order chi connectivity index (χ1) is 5.02. The molecular formula is C8H13NO2. The van der Waals surface area contributed by atoms with Crippen LogP contribution in [0.15, 0.2) is 0 Å². The van der Waals surface area contributed by atoms with Gasteiger partial charge in [0, 0.05) is 0 Å². The number of hydrogen-bond donors (Lipinski definition) is 1. The Kier molecular flexibility index (Phi) is 3.63. The van der Waals surface area contributed by atoms with E-state index in [1.807, 2.05) is 13.8 Å². The van der Waals surface area contributed by atoms with Crippen molar-refractivity contribution in [3.05, 3.63) is 0 Å². The van der Waals surface area contributed by atoms with Crippen LogP contribution in [0.1, 0.15) is 13.8 Å². The monoisotopic (exact) mass is 155 g/mol. The van der Waals surface area contributed by atoms with E-state index < -0.39 is 5.54 Å². The van der Waals surface area contributed by atoms with Crippen LogP contribution in [0.25, 0.3) is 0 Å². The van der Waals surface area contributed by atoms with Crippen LogP contribution in [0.3, 0.4) is 0 Å². The highest BCUT2D eigenvalue weighted by molar-refractivity contribution is 5.71. The summed E-state index contributed by atoms with van der Waals surface area (Å²) < 4.78 is 4.42. The maximum Gasteiger partial charge on any atom is 0.319 e. The van der Waals surface area contributed by atoms with Crippen LogP contribution in [0, 0.1) is 12.3 Å². The average Bonchev–Trinajstić information content (AvgIpc) is 2.00. The second-order valence-electron chi connectivity index (χ2n) is 2.70. The van der Waals surface area contributed by atoms with Gasteiger partial charge in [0.25, 0.3) is 0 Å². The number of ether oxygens (including phenoxy) is 1. The third-order valence-electron chi connectivity index (χ3n) is 1.26. The molecule has 0 bridgehead atoms. The molecule has 0 aliphatic heterocycles. The smallest absolute Gasteiger partial charge is 0.319 e. The summed E-state index contributed by atoms with van der Waals surface area (Å²) in [6.45, 7) is 3.78. The third-order valence-corrected chi connectivity index (χ3v) is 1.26. The molecule has 0 aliphatic carbocycles. The lowest BCUT2D eigenvalue weighted by atomic mass is 10.1. The minimum absolute atomic E-state index is 0.147. The first kappa shape index (κ1) is 9.99. The number of rotatable bonds is 3. The predicted molar refractivity (Wildman–Crippen MR) is 42.9 cm³/mol. The summed E-state index contributed by atoms with van der Waals surface area (Å²) in [5, 5.41) is 2.85. The SMILES string of the molecule is C#CC(C)(C)NCC(=O)OC. The largest absolute Gasteiger partial charge is 0.468 e. The van der Waals surface area contributed by atoms with Crippen LogP contribution in [0.4, 0.5) is 0 Å². The molecule has 0 aliphatic rings. The Labute approximate surface area is 67.1 Å². The van der Waals surface area contributed by atoms with E-state index in [9.17, 15) is 4.79 Å². The number of methoxy groups -OCH3 is 1. The van der Waals surface area contributed by atoms with E-state index in [0.29, 0.717) is 0 Å². The van der Waals surface area contributed by atoms with E-state index in [2.05, 4.69) is 16.0 Å². The van der Waals surface area contributed by atoms with Crippen LogP contribution >= 0.6 is 0 Å². The summed E-state index contributed by atoms with van der Waals surface area (Å²) in [6.07, 6.45) is 5.17. The van der Waals surface area contributed by atoms with Crippen molar-refractivity contribution in [1.29, 1.82) is 0 Å². The quantitative estimate of drug-likeness (QED) is 0.466. The van der Waals surface area contributed by atoms with E-state index in [1.54, 1.807) is 0 Å². The molecule has 0 fully saturated rings. The van der Waals surface area contributed by atoms with Crippen molar-refractivity contribution < 1.29 is 9.53 Å². The van der Waals surface area contributed by atoms with Crippen molar-refractivity contribution >= 4 is 5.97 Å². The molecule has 0 amide bonds. The number of carbonyl (C=O) groups excluding carboxylic acids is 1. The zero-order chi connectivity index (χ0) is 8.91. The fourth-order valence-electron chi connectivity index (χ4n) is 0.416. The van der Waals surface area contributed by atoms with Gasteiger partial charge in [0.1, 0.15) is 0 Å². The summed E-state index contributed by atoms with van der Waals surface area (Å²) in [5.74, 6) is 2.19. The van der Waals surface area contributed by atoms with Crippen molar-refractivity contribution in [3.63, 3.8) is 0 Å². The topological polar surface area (TPSA) is 38.3 Å². The van der Waals surface area contributed by atoms with E-state index in [1.165, 1.54) is 7.11 Å². The average molecular weight is 155 g/mol. The molecule has 11 heavy (non-hydrogen) atoms. The lowest BCUT2D eigenvalue weighted by molar-refractivity contribution is -0.139. The minimum atomic E-state index is -0.450. The second kappa shape index (κ2) is 3.99. The van der Waals surface area contributed by atoms with Crippen molar-refractivity contribution in [2.24, 2.45) is 0 Å². The van der Waals surface area contributed by atoms with Crippen LogP contribution in [0.2, 0.25) is 0 Å². The van der Waals surface area contributed by atoms with Crippen LogP contribution < -0.4 is 5.32 Å². The number of esters is 1. The summed E-state index contributed by atoms with van der Waals surface area (Å²) in [7, 11) is 1.34. The molecule has 0 atom stereocenters. The zero-order valence-electron chi connectivity index (χ0n) is 7.10. The molecule has 3 nitrogen and oxygen atoms in total. The van der Waals surface area contributed by atoms with E-state index >= 15 is 0 Å². The van der Waals surface area contributed by atoms with Gasteiger partial charge in [-0.05, 0) is 13.8 Å². The highest BCUT2D eigenvalue weighted by atomic mass is 16.5. The molecule has 0 aromatic heterocycles. The summed E-state index contributed by atoms with van der Waals surface area (Å²) in [6, 6.07) is 0. The van der Waals surface area contributed by atoms with Crippen molar-refractivity contribution in [2.45, 2.75) is 19.4 Å². The Hall–Kier alpha value is -1.01. The molecule has 1 N–H and O–H groups in total. The molecule has 0 saturated heterocycles. The van der Waals surface area contributed by atoms with Gasteiger partial charge < -0.3 is 4.74 Å². The molecule has 0 spiro atoms. The third kappa shape index (κ3) is 4.40. The molecule has 0 unspecified atom stereocenters. The fourth-order valence-corrected chi connectivity index (χ4v) is 0.416. The van der Waals surface area contributed by atoms with Gasteiger partial charge >= 0.3 is 5.97 Å². The van der Waals surface area contributed by atoms with E-state index in [4.69, 9.17) is 6.42 Å². The van der Waals surface area contributed by atoms with Gasteiger partial charge in [0.05, 0.1) is 19.2 Å². The Morgan fingerprint density at radius 1 is 1.73 bits per heavy atom. The molecule has 62 valence electrons. The molecule has 0 aromatic carbocycles. The number of nitrogens with one attached hydrogen (secondary N) is 1. The van der Waals surface area contributed by atoms with Gasteiger partial charge in [-0.2, -0.15) is 0 Å². The van der Waals surface area contributed by atoms with Gasteiger partial charge in [0.15, 0.2) is 0 Å². The molecular weight excluding hydrogens is 142 g/mol. The Bertz CT molecular complexity index is 179. The number of carbonyl (C=O) groups is 1. The standard InChI is InChI=1S/C8H13NO2/c1-5-8(2,3)9-6-7(10)11-4/h1,9H,6H2,2-4H3. The van der Waals surface area contributed by atoms with Gasteiger partial charge in [0.2, 0.25) is 0 Å². The van der Waals surface area contributed by atoms with Gasteiger partial charge in [-0.3, -0.25) is 10.1 Å². The van der Waals surface area contributed by atoms with Crippen molar-refractivity contribution in [3.8, 4) is 12.3 Å². The van der Waals surface area contributed by atoms with Crippen molar-refractivity contribution in [2.75, 3.05) is 13.7 Å². The molecule has 0 aromatic rings. The minimum Gasteiger partial charge on any atom is -0.468 e. The Morgan fingerprint density at radius 2 is 2.27 bits per heavy atom. The van der Waals surface area contributed by atoms with Gasteiger partial charge in [-0.1, -0.05) is 5.92 Å². The molecule has 0 heterocycles. The van der Waals surface area contributed by atoms with Gasteiger partial charge in [-0.25, -0.2) is 0 Å². The normalized spacial score (nSPS) is 10.4. The molecule has 3 heteroatoms. The summed E-state index contributed by atoms with van der Waals surface area (Å²) in [5.41, 5.74) is -0.450. The van der Waals surface area contributed by atoms with Crippen LogP contribution in [-0.2, 0) is 9.53 Å². The lowest BCUT2D eigenvalue weighted by Crippen LogP contribution is -2.41.